The van der Waals surface area contributed by atoms with Gasteiger partial charge in [0.2, 0.25) is 0 Å². The predicted molar refractivity (Wildman–Crippen MR) is 75.3 cm³/mol. The van der Waals surface area contributed by atoms with E-state index in [-0.39, 0.29) is 24.4 Å². The molecule has 23 heavy (non-hydrogen) atoms. The molecule has 1 aromatic carbocycles. The van der Waals surface area contributed by atoms with Crippen LogP contribution in [0.5, 0.6) is 5.75 Å². The number of imide groups is 1. The highest BCUT2D eigenvalue weighted by Crippen LogP contribution is 2.16. The predicted octanol–water partition coefficient (Wildman–Crippen LogP) is -0.0655. The number of rotatable bonds is 6. The van der Waals surface area contributed by atoms with Crippen molar-refractivity contribution in [3.63, 3.8) is 0 Å². The molecule has 8 nitrogen and oxygen atoms in total. The maximum absolute atomic E-state index is 12.4. The molecule has 122 valence electrons. The summed E-state index contributed by atoms with van der Waals surface area (Å²) in [4.78, 5) is 35.4. The number of amides is 3. The molecule has 0 fully saturated rings. The van der Waals surface area contributed by atoms with E-state index in [0.717, 1.165) is 23.1 Å². The number of benzene rings is 1. The summed E-state index contributed by atoms with van der Waals surface area (Å²) in [7, 11) is -5.18. The third-order valence-electron chi connectivity index (χ3n) is 2.81. The van der Waals surface area contributed by atoms with E-state index in [9.17, 15) is 26.7 Å². The van der Waals surface area contributed by atoms with Crippen LogP contribution in [-0.2, 0) is 20.1 Å². The van der Waals surface area contributed by atoms with Gasteiger partial charge in [0.15, 0.2) is 0 Å². The average molecular weight is 342 g/mol. The van der Waals surface area contributed by atoms with E-state index < -0.39 is 28.2 Å². The third kappa shape index (κ3) is 4.61. The third-order valence-corrected chi connectivity index (χ3v) is 3.21. The van der Waals surface area contributed by atoms with Crippen LogP contribution >= 0.6 is 0 Å². The molecule has 3 amide bonds. The maximum atomic E-state index is 12.4. The SMILES string of the molecule is O=C(NCCN1C(=O)C=CC1=O)c1cccc(OS(=O)(=O)F)c1. The Labute approximate surface area is 130 Å². The van der Waals surface area contributed by atoms with E-state index >= 15 is 0 Å². The average Bonchev–Trinajstić information content (AvgIpc) is 2.77. The van der Waals surface area contributed by atoms with Gasteiger partial charge >= 0.3 is 10.5 Å². The van der Waals surface area contributed by atoms with E-state index in [1.165, 1.54) is 18.2 Å². The minimum atomic E-state index is -5.18. The van der Waals surface area contributed by atoms with Crippen LogP contribution < -0.4 is 9.50 Å². The fourth-order valence-electron chi connectivity index (χ4n) is 1.84. The number of hydrogen-bond donors (Lipinski definition) is 1. The largest absolute Gasteiger partial charge is 0.488 e. The molecular weight excluding hydrogens is 331 g/mol. The van der Waals surface area contributed by atoms with Gasteiger partial charge in [-0.05, 0) is 18.2 Å². The van der Waals surface area contributed by atoms with E-state index in [0.29, 0.717) is 0 Å². The molecule has 0 saturated heterocycles. The van der Waals surface area contributed by atoms with Crippen LogP contribution in [0.2, 0.25) is 0 Å². The molecule has 0 spiro atoms. The number of nitrogens with zero attached hydrogens (tertiary/aromatic N) is 1. The van der Waals surface area contributed by atoms with Crippen molar-refractivity contribution in [3.8, 4) is 5.75 Å². The second-order valence-corrected chi connectivity index (χ2v) is 5.37. The quantitative estimate of drug-likeness (QED) is 0.573. The Morgan fingerprint density at radius 1 is 1.22 bits per heavy atom. The summed E-state index contributed by atoms with van der Waals surface area (Å²) in [5, 5.41) is 2.45. The molecular formula is C13H11FN2O6S. The first kappa shape index (κ1) is 16.6. The second-order valence-electron chi connectivity index (χ2n) is 4.42. The molecule has 0 unspecified atom stereocenters. The molecule has 0 aromatic heterocycles. The van der Waals surface area contributed by atoms with Gasteiger partial charge in [-0.2, -0.15) is 8.42 Å². The molecule has 0 bridgehead atoms. The topological polar surface area (TPSA) is 110 Å². The lowest BCUT2D eigenvalue weighted by atomic mass is 10.2. The molecule has 0 atom stereocenters. The van der Waals surface area contributed by atoms with Crippen LogP contribution in [0, 0.1) is 0 Å². The minimum absolute atomic E-state index is 0.00445. The van der Waals surface area contributed by atoms with Gasteiger partial charge < -0.3 is 9.50 Å². The Kier molecular flexibility index (Phi) is 4.74. The first-order valence-electron chi connectivity index (χ1n) is 6.32. The van der Waals surface area contributed by atoms with Crippen molar-refractivity contribution in [2.24, 2.45) is 0 Å². The number of carbonyl (C=O) groups excluding carboxylic acids is 3. The lowest BCUT2D eigenvalue weighted by Gasteiger charge is -2.14. The van der Waals surface area contributed by atoms with Gasteiger partial charge in [0.1, 0.15) is 5.75 Å². The van der Waals surface area contributed by atoms with Crippen molar-refractivity contribution < 1.29 is 30.9 Å². The first-order chi connectivity index (χ1) is 10.8. The van der Waals surface area contributed by atoms with E-state index in [2.05, 4.69) is 9.50 Å². The summed E-state index contributed by atoms with van der Waals surface area (Å²) in [6.45, 7) is -0.00402. The summed E-state index contributed by atoms with van der Waals surface area (Å²) in [6, 6.07) is 4.88. The fraction of sp³-hybridized carbons (Fsp3) is 0.154. The van der Waals surface area contributed by atoms with Gasteiger partial charge in [-0.15, -0.1) is 0 Å². The van der Waals surface area contributed by atoms with Gasteiger partial charge in [0, 0.05) is 30.8 Å². The number of halogens is 1. The van der Waals surface area contributed by atoms with E-state index in [4.69, 9.17) is 0 Å². The van der Waals surface area contributed by atoms with Gasteiger partial charge in [-0.25, -0.2) is 0 Å². The smallest absolute Gasteiger partial charge is 0.358 e. The summed E-state index contributed by atoms with van der Waals surface area (Å²) in [6.07, 6.45) is 2.25. The van der Waals surface area contributed by atoms with Gasteiger partial charge in [-0.1, -0.05) is 9.95 Å². The van der Waals surface area contributed by atoms with Crippen molar-refractivity contribution in [2.45, 2.75) is 0 Å². The summed E-state index contributed by atoms with van der Waals surface area (Å²) < 4.78 is 37.3. The van der Waals surface area contributed by atoms with Crippen LogP contribution in [0.25, 0.3) is 0 Å². The number of carbonyl (C=O) groups is 3. The molecule has 1 heterocycles. The zero-order chi connectivity index (χ0) is 17.0. The first-order valence-corrected chi connectivity index (χ1v) is 7.63. The molecule has 0 aliphatic carbocycles. The van der Waals surface area contributed by atoms with E-state index in [1.807, 2.05) is 0 Å². The monoisotopic (exact) mass is 342 g/mol. The molecule has 1 N–H and O–H groups in total. The van der Waals surface area contributed by atoms with Gasteiger partial charge in [0.25, 0.3) is 17.7 Å². The molecule has 2 rings (SSSR count). The molecule has 0 saturated carbocycles. The van der Waals surface area contributed by atoms with E-state index in [1.54, 1.807) is 0 Å². The Bertz CT molecular complexity index is 771. The van der Waals surface area contributed by atoms with Crippen LogP contribution in [0.1, 0.15) is 10.4 Å². The van der Waals surface area contributed by atoms with Gasteiger partial charge in [0.05, 0.1) is 0 Å². The Morgan fingerprint density at radius 3 is 2.48 bits per heavy atom. The summed E-state index contributed by atoms with van der Waals surface area (Å²) >= 11 is 0. The summed E-state index contributed by atoms with van der Waals surface area (Å²) in [5.41, 5.74) is 0.0309. The zero-order valence-electron chi connectivity index (χ0n) is 11.6. The standard InChI is InChI=1S/C13H11FN2O6S/c14-23(20,21)22-10-3-1-2-9(8-10)13(19)15-6-7-16-11(17)4-5-12(16)18/h1-5,8H,6-7H2,(H,15,19). The van der Waals surface area contributed by atoms with Gasteiger partial charge in [-0.3, -0.25) is 19.3 Å². The minimum Gasteiger partial charge on any atom is -0.358 e. The normalized spacial score (nSPS) is 14.2. The second kappa shape index (κ2) is 6.57. The molecule has 1 aliphatic heterocycles. The summed E-state index contributed by atoms with van der Waals surface area (Å²) in [5.74, 6) is -1.88. The fourth-order valence-corrected chi connectivity index (χ4v) is 2.17. The van der Waals surface area contributed by atoms with Crippen molar-refractivity contribution in [3.05, 3.63) is 42.0 Å². The highest BCUT2D eigenvalue weighted by Gasteiger charge is 2.22. The van der Waals surface area contributed by atoms with Crippen LogP contribution in [0.3, 0.4) is 0 Å². The highest BCUT2D eigenvalue weighted by atomic mass is 32.3. The lowest BCUT2D eigenvalue weighted by Crippen LogP contribution is -2.38. The molecule has 1 aliphatic rings. The van der Waals surface area contributed by atoms with Crippen LogP contribution in [0.15, 0.2) is 36.4 Å². The Balaban J connectivity index is 1.92. The van der Waals surface area contributed by atoms with Crippen molar-refractivity contribution in [2.75, 3.05) is 13.1 Å². The van der Waals surface area contributed by atoms with Crippen molar-refractivity contribution >= 4 is 28.2 Å². The molecule has 10 heteroatoms. The number of nitrogens with one attached hydrogen (secondary N) is 1. The maximum Gasteiger partial charge on any atom is 0.488 e. The molecule has 1 aromatic rings. The van der Waals surface area contributed by atoms with Crippen LogP contribution in [0.4, 0.5) is 3.89 Å². The highest BCUT2D eigenvalue weighted by molar-refractivity contribution is 7.81. The molecule has 0 radical (unpaired) electrons. The zero-order valence-corrected chi connectivity index (χ0v) is 12.4. The Hall–Kier alpha value is -2.75. The number of hydrogen-bond acceptors (Lipinski definition) is 6. The van der Waals surface area contributed by atoms with Crippen molar-refractivity contribution in [1.29, 1.82) is 0 Å². The lowest BCUT2D eigenvalue weighted by molar-refractivity contribution is -0.136. The van der Waals surface area contributed by atoms with Crippen molar-refractivity contribution in [1.82, 2.24) is 10.2 Å². The Morgan fingerprint density at radius 2 is 1.87 bits per heavy atom. The van der Waals surface area contributed by atoms with Crippen LogP contribution in [-0.4, -0.2) is 44.1 Å².